The van der Waals surface area contributed by atoms with E-state index in [0.717, 1.165) is 10.9 Å². The van der Waals surface area contributed by atoms with E-state index in [1.807, 2.05) is 12.1 Å². The first-order valence-electron chi connectivity index (χ1n) is 12.3. The number of nitrogens with two attached hydrogens (primary N) is 3. The van der Waals surface area contributed by atoms with Crippen molar-refractivity contribution in [2.24, 2.45) is 22.2 Å². The van der Waals surface area contributed by atoms with Gasteiger partial charge in [0, 0.05) is 35.8 Å². The van der Waals surface area contributed by atoms with Gasteiger partial charge in [-0.15, -0.1) is 0 Å². The standard InChI is InChI=1S/C24H34N8O7S/c25-14(5-3-7-28-24(26)27)20(35)30-17(9-19(33)34)22(37)31-16(21(36)32-18(11-40)23(38)39)8-12-10-29-15-6-2-1-4-13(12)15/h1-2,4,6,10,14,16-18,29,40H,3,5,7-9,11,25H2,(H,30,35)(H,31,37)(H,32,36)(H,33,34)(H,38,39)(H4,26,27,28). The van der Waals surface area contributed by atoms with Gasteiger partial charge in [0.1, 0.15) is 18.1 Å². The second-order valence-corrected chi connectivity index (χ2v) is 9.29. The Kier molecular flexibility index (Phi) is 12.2. The molecule has 0 saturated heterocycles. The lowest BCUT2D eigenvalue weighted by Crippen LogP contribution is -2.58. The molecule has 0 radical (unpaired) electrons. The number of H-pyrrole nitrogens is 1. The Hall–Kier alpha value is -4.31. The number of thiol groups is 1. The Labute approximate surface area is 234 Å². The first-order valence-corrected chi connectivity index (χ1v) is 12.9. The summed E-state index contributed by atoms with van der Waals surface area (Å²) in [6.07, 6.45) is 1.27. The van der Waals surface area contributed by atoms with Crippen LogP contribution in [0.1, 0.15) is 24.8 Å². The lowest BCUT2D eigenvalue weighted by molar-refractivity contribution is -0.142. The van der Waals surface area contributed by atoms with Gasteiger partial charge in [0.2, 0.25) is 17.7 Å². The van der Waals surface area contributed by atoms with Crippen molar-refractivity contribution in [2.45, 2.75) is 49.9 Å². The summed E-state index contributed by atoms with van der Waals surface area (Å²) in [6, 6.07) is 1.87. The number of hydrogen-bond donors (Lipinski definition) is 10. The number of aliphatic carboxylic acids is 2. The van der Waals surface area contributed by atoms with Crippen LogP contribution >= 0.6 is 12.6 Å². The van der Waals surface area contributed by atoms with E-state index in [0.29, 0.717) is 12.0 Å². The molecule has 0 saturated carbocycles. The van der Waals surface area contributed by atoms with E-state index in [1.165, 1.54) is 0 Å². The highest BCUT2D eigenvalue weighted by Crippen LogP contribution is 2.19. The monoisotopic (exact) mass is 578 g/mol. The highest BCUT2D eigenvalue weighted by atomic mass is 32.1. The summed E-state index contributed by atoms with van der Waals surface area (Å²) < 4.78 is 0. The maximum atomic E-state index is 13.2. The topological polar surface area (TPSA) is 268 Å². The Balaban J connectivity index is 2.23. The molecule has 1 aromatic heterocycles. The van der Waals surface area contributed by atoms with Crippen LogP contribution in [0, 0.1) is 0 Å². The number of benzene rings is 1. The molecule has 0 fully saturated rings. The fourth-order valence-corrected chi connectivity index (χ4v) is 4.02. The number of aliphatic imine (C=N–C) groups is 1. The van der Waals surface area contributed by atoms with E-state index in [4.69, 9.17) is 17.2 Å². The molecule has 15 nitrogen and oxygen atoms in total. The van der Waals surface area contributed by atoms with Crippen molar-refractivity contribution in [3.05, 3.63) is 36.0 Å². The van der Waals surface area contributed by atoms with Gasteiger partial charge in [-0.05, 0) is 24.5 Å². The zero-order chi connectivity index (χ0) is 29.8. The second-order valence-electron chi connectivity index (χ2n) is 8.92. The minimum Gasteiger partial charge on any atom is -0.481 e. The molecule has 40 heavy (non-hydrogen) atoms. The molecule has 0 spiro atoms. The summed E-state index contributed by atoms with van der Waals surface area (Å²) in [5.74, 6) is -5.65. The number of carbonyl (C=O) groups excluding carboxylic acids is 3. The Morgan fingerprint density at radius 1 is 0.950 bits per heavy atom. The van der Waals surface area contributed by atoms with E-state index in [2.05, 4.69) is 38.6 Å². The number of carboxylic acids is 2. The van der Waals surface area contributed by atoms with E-state index in [1.54, 1.807) is 18.3 Å². The molecule has 0 bridgehead atoms. The smallest absolute Gasteiger partial charge is 0.327 e. The molecule has 0 aliphatic carbocycles. The van der Waals surface area contributed by atoms with E-state index >= 15 is 0 Å². The molecule has 2 aromatic rings. The van der Waals surface area contributed by atoms with Crippen LogP contribution in [0.15, 0.2) is 35.5 Å². The molecule has 3 amide bonds. The van der Waals surface area contributed by atoms with Crippen LogP contribution in [0.25, 0.3) is 10.9 Å². The van der Waals surface area contributed by atoms with Crippen molar-refractivity contribution in [2.75, 3.05) is 12.3 Å². The van der Waals surface area contributed by atoms with Gasteiger partial charge in [0.25, 0.3) is 0 Å². The Morgan fingerprint density at radius 3 is 2.20 bits per heavy atom. The quantitative estimate of drug-likeness (QED) is 0.0454. The SMILES string of the molecule is NC(N)=NCCCC(N)C(=O)NC(CC(=O)O)C(=O)NC(Cc1c[nH]c2ccccc12)C(=O)NC(CS)C(=O)O. The van der Waals surface area contributed by atoms with E-state index in [-0.39, 0.29) is 31.1 Å². The number of aromatic nitrogens is 1. The van der Waals surface area contributed by atoms with Gasteiger partial charge in [0.05, 0.1) is 12.5 Å². The zero-order valence-electron chi connectivity index (χ0n) is 21.5. The third-order valence-electron chi connectivity index (χ3n) is 5.85. The number of hydrogen-bond acceptors (Lipinski definition) is 8. The molecule has 16 heteroatoms. The lowest BCUT2D eigenvalue weighted by Gasteiger charge is -2.24. The van der Waals surface area contributed by atoms with Crippen LogP contribution in [0.2, 0.25) is 0 Å². The number of amides is 3. The molecule has 218 valence electrons. The van der Waals surface area contributed by atoms with Crippen LogP contribution in [0.3, 0.4) is 0 Å². The number of nitrogens with zero attached hydrogens (tertiary/aromatic N) is 1. The minimum atomic E-state index is -1.58. The molecule has 4 atom stereocenters. The average molecular weight is 579 g/mol. The van der Waals surface area contributed by atoms with Crippen molar-refractivity contribution in [3.63, 3.8) is 0 Å². The van der Waals surface area contributed by atoms with Crippen LogP contribution in [-0.2, 0) is 30.4 Å². The maximum absolute atomic E-state index is 13.2. The number of nitrogens with one attached hydrogen (secondary N) is 4. The second kappa shape index (κ2) is 15.3. The molecule has 4 unspecified atom stereocenters. The van der Waals surface area contributed by atoms with Crippen molar-refractivity contribution in [1.29, 1.82) is 0 Å². The Morgan fingerprint density at radius 2 is 1.57 bits per heavy atom. The summed E-state index contributed by atoms with van der Waals surface area (Å²) in [5, 5.41) is 26.5. The fourth-order valence-electron chi connectivity index (χ4n) is 3.77. The van der Waals surface area contributed by atoms with Gasteiger partial charge in [-0.25, -0.2) is 4.79 Å². The largest absolute Gasteiger partial charge is 0.481 e. The van der Waals surface area contributed by atoms with Gasteiger partial charge < -0.3 is 48.3 Å². The first kappa shape index (κ1) is 31.9. The number of carbonyl (C=O) groups is 5. The van der Waals surface area contributed by atoms with E-state index < -0.39 is 60.2 Å². The number of fused-ring (bicyclic) bond motifs is 1. The van der Waals surface area contributed by atoms with Crippen molar-refractivity contribution < 1.29 is 34.2 Å². The highest BCUT2D eigenvalue weighted by Gasteiger charge is 2.31. The van der Waals surface area contributed by atoms with Gasteiger partial charge in [-0.1, -0.05) is 18.2 Å². The molecule has 12 N–H and O–H groups in total. The normalized spacial score (nSPS) is 13.8. The molecule has 0 aliphatic rings. The molecule has 1 aromatic carbocycles. The summed E-state index contributed by atoms with van der Waals surface area (Å²) in [5.41, 5.74) is 17.8. The minimum absolute atomic E-state index is 0.0709. The Bertz CT molecular complexity index is 1250. The third-order valence-corrected chi connectivity index (χ3v) is 6.21. The van der Waals surface area contributed by atoms with Crippen LogP contribution < -0.4 is 33.2 Å². The molecule has 2 rings (SSSR count). The number of para-hydroxylation sites is 1. The number of rotatable bonds is 16. The fraction of sp³-hybridized carbons (Fsp3) is 0.417. The number of aromatic amines is 1. The van der Waals surface area contributed by atoms with Crippen LogP contribution in [-0.4, -0.2) is 87.3 Å². The summed E-state index contributed by atoms with van der Waals surface area (Å²) in [4.78, 5) is 68.6. The summed E-state index contributed by atoms with van der Waals surface area (Å²) in [6.45, 7) is 0.219. The van der Waals surface area contributed by atoms with Crippen molar-refractivity contribution >= 4 is 59.2 Å². The highest BCUT2D eigenvalue weighted by molar-refractivity contribution is 7.80. The van der Waals surface area contributed by atoms with E-state index in [9.17, 15) is 34.2 Å². The summed E-state index contributed by atoms with van der Waals surface area (Å²) in [7, 11) is 0. The number of carboxylic acid groups (broad SMARTS) is 2. The molecule has 0 aliphatic heterocycles. The summed E-state index contributed by atoms with van der Waals surface area (Å²) >= 11 is 3.94. The van der Waals surface area contributed by atoms with Crippen molar-refractivity contribution in [3.8, 4) is 0 Å². The predicted molar refractivity (Wildman–Crippen MR) is 149 cm³/mol. The third kappa shape index (κ3) is 9.77. The predicted octanol–water partition coefficient (Wildman–Crippen LogP) is -1.97. The van der Waals surface area contributed by atoms with Crippen LogP contribution in [0.5, 0.6) is 0 Å². The van der Waals surface area contributed by atoms with Crippen LogP contribution in [0.4, 0.5) is 0 Å². The van der Waals surface area contributed by atoms with Gasteiger partial charge in [-0.3, -0.25) is 24.2 Å². The van der Waals surface area contributed by atoms with Gasteiger partial charge in [-0.2, -0.15) is 12.6 Å². The zero-order valence-corrected chi connectivity index (χ0v) is 22.4. The lowest BCUT2D eigenvalue weighted by atomic mass is 10.0. The van der Waals surface area contributed by atoms with Crippen molar-refractivity contribution in [1.82, 2.24) is 20.9 Å². The first-order chi connectivity index (χ1) is 18.9. The van der Waals surface area contributed by atoms with Gasteiger partial charge in [0.15, 0.2) is 5.96 Å². The number of guanidine groups is 1. The average Bonchev–Trinajstić information content (AvgIpc) is 3.30. The molecular formula is C24H34N8O7S. The van der Waals surface area contributed by atoms with Gasteiger partial charge >= 0.3 is 11.9 Å². The maximum Gasteiger partial charge on any atom is 0.327 e. The molecule has 1 heterocycles. The molecular weight excluding hydrogens is 544 g/mol.